The highest BCUT2D eigenvalue weighted by Gasteiger charge is 2.14. The lowest BCUT2D eigenvalue weighted by atomic mass is 10.2. The Hall–Kier alpha value is -3.61. The molecule has 1 aliphatic rings. The Labute approximate surface area is 155 Å². The quantitative estimate of drug-likeness (QED) is 0.722. The number of carbonyl (C=O) groups is 1. The van der Waals surface area contributed by atoms with Gasteiger partial charge in [0.1, 0.15) is 11.5 Å². The van der Waals surface area contributed by atoms with Crippen molar-refractivity contribution in [3.05, 3.63) is 77.9 Å². The molecular weight excluding hydrogens is 349 g/mol. The van der Waals surface area contributed by atoms with Crippen LogP contribution in [0.15, 0.2) is 60.8 Å². The largest absolute Gasteiger partial charge is 0.454 e. The molecule has 1 aromatic heterocycles. The fourth-order valence-electron chi connectivity index (χ4n) is 2.68. The van der Waals surface area contributed by atoms with E-state index in [0.717, 1.165) is 5.69 Å². The first-order chi connectivity index (χ1) is 13.2. The van der Waals surface area contributed by atoms with Crippen molar-refractivity contribution in [2.24, 2.45) is 0 Å². The van der Waals surface area contributed by atoms with E-state index >= 15 is 0 Å². The summed E-state index contributed by atoms with van der Waals surface area (Å²) < 4.78 is 24.3. The zero-order valence-electron chi connectivity index (χ0n) is 14.2. The molecule has 2 aromatic carbocycles. The average molecular weight is 365 g/mol. The van der Waals surface area contributed by atoms with E-state index in [1.807, 2.05) is 18.2 Å². The predicted molar refractivity (Wildman–Crippen MR) is 97.7 cm³/mol. The van der Waals surface area contributed by atoms with Gasteiger partial charge in [0, 0.05) is 35.7 Å². The molecule has 1 amide bonds. The van der Waals surface area contributed by atoms with Crippen molar-refractivity contribution in [1.82, 2.24) is 10.3 Å². The third-order valence-electron chi connectivity index (χ3n) is 4.05. The molecule has 0 radical (unpaired) electrons. The summed E-state index contributed by atoms with van der Waals surface area (Å²) in [5, 5.41) is 5.87. The van der Waals surface area contributed by atoms with E-state index in [4.69, 9.17) is 9.47 Å². The Morgan fingerprint density at radius 3 is 2.74 bits per heavy atom. The molecule has 136 valence electrons. The molecule has 0 atom stereocenters. The molecule has 2 N–H and O–H groups in total. The van der Waals surface area contributed by atoms with Crippen molar-refractivity contribution >= 4 is 17.3 Å². The van der Waals surface area contributed by atoms with Crippen LogP contribution in [0, 0.1) is 5.82 Å². The highest BCUT2D eigenvalue weighted by Crippen LogP contribution is 2.35. The minimum absolute atomic E-state index is 0.0903. The average Bonchev–Trinajstić information content (AvgIpc) is 3.15. The Bertz CT molecular complexity index is 994. The fraction of sp³-hybridized carbons (Fsp3) is 0.100. The monoisotopic (exact) mass is 365 g/mol. The van der Waals surface area contributed by atoms with Gasteiger partial charge in [0.2, 0.25) is 6.79 Å². The molecule has 0 fully saturated rings. The number of amides is 1. The second kappa shape index (κ2) is 7.33. The van der Waals surface area contributed by atoms with Gasteiger partial charge in [-0.3, -0.25) is 9.78 Å². The first-order valence-electron chi connectivity index (χ1n) is 8.33. The number of benzene rings is 2. The lowest BCUT2D eigenvalue weighted by Gasteiger charge is -2.09. The molecule has 6 nitrogen and oxygen atoms in total. The molecule has 0 aliphatic carbocycles. The summed E-state index contributed by atoms with van der Waals surface area (Å²) in [5.41, 5.74) is 2.14. The molecule has 0 saturated carbocycles. The second-order valence-electron chi connectivity index (χ2n) is 5.90. The number of pyridine rings is 1. The van der Waals surface area contributed by atoms with E-state index in [1.165, 1.54) is 12.3 Å². The highest BCUT2D eigenvalue weighted by molar-refractivity contribution is 5.93. The Morgan fingerprint density at radius 2 is 1.85 bits per heavy atom. The molecule has 4 rings (SSSR count). The van der Waals surface area contributed by atoms with Crippen molar-refractivity contribution in [3.63, 3.8) is 0 Å². The molecule has 1 aliphatic heterocycles. The van der Waals surface area contributed by atoms with Crippen LogP contribution in [0.2, 0.25) is 0 Å². The van der Waals surface area contributed by atoms with Crippen molar-refractivity contribution in [1.29, 1.82) is 0 Å². The number of hydrogen-bond donors (Lipinski definition) is 2. The second-order valence-corrected chi connectivity index (χ2v) is 5.90. The van der Waals surface area contributed by atoms with Gasteiger partial charge in [-0.1, -0.05) is 18.2 Å². The number of anilines is 2. The topological polar surface area (TPSA) is 72.5 Å². The molecule has 0 bridgehead atoms. The van der Waals surface area contributed by atoms with E-state index in [-0.39, 0.29) is 30.8 Å². The van der Waals surface area contributed by atoms with Crippen molar-refractivity contribution < 1.29 is 18.7 Å². The zero-order chi connectivity index (χ0) is 18.6. The van der Waals surface area contributed by atoms with Gasteiger partial charge >= 0.3 is 0 Å². The number of carbonyl (C=O) groups excluding carboxylic acids is 1. The zero-order valence-corrected chi connectivity index (χ0v) is 14.2. The van der Waals surface area contributed by atoms with Crippen LogP contribution in [0.25, 0.3) is 0 Å². The number of nitrogens with one attached hydrogen (secondary N) is 2. The van der Waals surface area contributed by atoms with Crippen LogP contribution < -0.4 is 20.1 Å². The molecule has 7 heteroatoms. The Kier molecular flexibility index (Phi) is 4.57. The van der Waals surface area contributed by atoms with Crippen molar-refractivity contribution in [3.8, 4) is 11.5 Å². The van der Waals surface area contributed by atoms with Gasteiger partial charge < -0.3 is 20.1 Å². The maximum Gasteiger partial charge on any atom is 0.270 e. The third kappa shape index (κ3) is 3.82. The minimum Gasteiger partial charge on any atom is -0.454 e. The molecule has 27 heavy (non-hydrogen) atoms. The van der Waals surface area contributed by atoms with Crippen molar-refractivity contribution in [2.45, 2.75) is 6.54 Å². The Balaban J connectivity index is 1.44. The van der Waals surface area contributed by atoms with E-state index in [2.05, 4.69) is 15.6 Å². The summed E-state index contributed by atoms with van der Waals surface area (Å²) in [6.45, 7) is 0.299. The summed E-state index contributed by atoms with van der Waals surface area (Å²) in [4.78, 5) is 16.4. The Morgan fingerprint density at radius 1 is 1.04 bits per heavy atom. The van der Waals surface area contributed by atoms with Crippen LogP contribution in [0.4, 0.5) is 15.8 Å². The molecule has 3 aromatic rings. The first kappa shape index (κ1) is 16.8. The van der Waals surface area contributed by atoms with Crippen LogP contribution >= 0.6 is 0 Å². The van der Waals surface area contributed by atoms with Gasteiger partial charge in [-0.15, -0.1) is 0 Å². The van der Waals surface area contributed by atoms with Crippen LogP contribution in [-0.2, 0) is 6.54 Å². The molecule has 0 unspecified atom stereocenters. The standard InChI is InChI=1S/C20H16FN3O3/c21-16-4-2-1-3-13(16)11-23-20(25)17-9-15(7-8-22-17)24-14-5-6-18-19(10-14)27-12-26-18/h1-10H,11-12H2,(H,22,24)(H,23,25). The number of fused-ring (bicyclic) bond motifs is 1. The third-order valence-corrected chi connectivity index (χ3v) is 4.05. The molecule has 0 saturated heterocycles. The van der Waals surface area contributed by atoms with E-state index in [1.54, 1.807) is 30.3 Å². The lowest BCUT2D eigenvalue weighted by Crippen LogP contribution is -2.24. The van der Waals surface area contributed by atoms with Crippen LogP contribution in [0.3, 0.4) is 0 Å². The highest BCUT2D eigenvalue weighted by atomic mass is 19.1. The van der Waals surface area contributed by atoms with Crippen LogP contribution in [0.5, 0.6) is 11.5 Å². The number of rotatable bonds is 5. The summed E-state index contributed by atoms with van der Waals surface area (Å²) in [6, 6.07) is 15.2. The number of hydrogen-bond acceptors (Lipinski definition) is 5. The van der Waals surface area contributed by atoms with E-state index in [9.17, 15) is 9.18 Å². The maximum atomic E-state index is 13.6. The van der Waals surface area contributed by atoms with Crippen LogP contribution in [-0.4, -0.2) is 17.7 Å². The number of ether oxygens (including phenoxy) is 2. The van der Waals surface area contributed by atoms with Gasteiger partial charge in [0.25, 0.3) is 5.91 Å². The number of nitrogens with zero attached hydrogens (tertiary/aromatic N) is 1. The van der Waals surface area contributed by atoms with Gasteiger partial charge in [-0.2, -0.15) is 0 Å². The minimum atomic E-state index is -0.382. The summed E-state index contributed by atoms with van der Waals surface area (Å²) in [7, 11) is 0. The van der Waals surface area contributed by atoms with Crippen LogP contribution in [0.1, 0.15) is 16.1 Å². The molecular formula is C20H16FN3O3. The van der Waals surface area contributed by atoms with Gasteiger partial charge in [0.05, 0.1) is 0 Å². The summed E-state index contributed by atoms with van der Waals surface area (Å²) in [6.07, 6.45) is 1.54. The summed E-state index contributed by atoms with van der Waals surface area (Å²) in [5.74, 6) is 0.622. The smallest absolute Gasteiger partial charge is 0.270 e. The summed E-state index contributed by atoms with van der Waals surface area (Å²) >= 11 is 0. The normalized spacial score (nSPS) is 11.9. The first-order valence-corrected chi connectivity index (χ1v) is 8.33. The number of halogens is 1. The lowest BCUT2D eigenvalue weighted by molar-refractivity contribution is 0.0945. The SMILES string of the molecule is O=C(NCc1ccccc1F)c1cc(Nc2ccc3c(c2)OCO3)ccn1. The van der Waals surface area contributed by atoms with E-state index in [0.29, 0.717) is 22.7 Å². The van der Waals surface area contributed by atoms with Gasteiger partial charge in [0.15, 0.2) is 11.5 Å². The van der Waals surface area contributed by atoms with Crippen molar-refractivity contribution in [2.75, 3.05) is 12.1 Å². The van der Waals surface area contributed by atoms with E-state index < -0.39 is 0 Å². The van der Waals surface area contributed by atoms with Gasteiger partial charge in [-0.05, 0) is 30.3 Å². The van der Waals surface area contributed by atoms with Gasteiger partial charge in [-0.25, -0.2) is 4.39 Å². The fourth-order valence-corrected chi connectivity index (χ4v) is 2.68. The maximum absolute atomic E-state index is 13.6. The molecule has 2 heterocycles. The molecule has 0 spiro atoms. The number of aromatic nitrogens is 1. The predicted octanol–water partition coefficient (Wildman–Crippen LogP) is 3.62.